The van der Waals surface area contributed by atoms with Crippen molar-refractivity contribution in [2.75, 3.05) is 19.3 Å². The number of anilines is 1. The van der Waals surface area contributed by atoms with Crippen LogP contribution in [0.3, 0.4) is 0 Å². The number of likely N-dealkylation sites (tertiary alicyclic amines) is 1. The maximum atomic E-state index is 12.1. The highest BCUT2D eigenvalue weighted by Crippen LogP contribution is 2.26. The number of hydrogen-bond acceptors (Lipinski definition) is 6. The number of hydrogen-bond donors (Lipinski definition) is 2. The largest absolute Gasteiger partial charge is 0.382 e. The average molecular weight is 387 g/mol. The van der Waals surface area contributed by atoms with Gasteiger partial charge in [0.25, 0.3) is 5.91 Å². The van der Waals surface area contributed by atoms with Crippen molar-refractivity contribution >= 4 is 22.8 Å². The minimum absolute atomic E-state index is 0.305. The third kappa shape index (κ3) is 3.39. The fraction of sp³-hybridized carbons (Fsp3) is 0.273. The molecule has 1 amide bonds. The Morgan fingerprint density at radius 3 is 2.69 bits per heavy atom. The Morgan fingerprint density at radius 2 is 1.97 bits per heavy atom. The summed E-state index contributed by atoms with van der Waals surface area (Å²) in [5, 5.41) is 10.5. The predicted molar refractivity (Wildman–Crippen MR) is 111 cm³/mol. The summed E-state index contributed by atoms with van der Waals surface area (Å²) in [5.74, 6) is 6.27. The first kappa shape index (κ1) is 18.8. The number of fused-ring (bicyclic) bond motifs is 1. The van der Waals surface area contributed by atoms with Gasteiger partial charge in [-0.05, 0) is 37.6 Å². The normalized spacial score (nSPS) is 18.8. The van der Waals surface area contributed by atoms with E-state index in [2.05, 4.69) is 26.8 Å². The molecule has 1 aliphatic heterocycles. The molecule has 7 nitrogen and oxygen atoms in total. The van der Waals surface area contributed by atoms with Gasteiger partial charge < -0.3 is 15.7 Å². The molecule has 146 valence electrons. The summed E-state index contributed by atoms with van der Waals surface area (Å²) in [5.41, 5.74) is 8.96. The summed E-state index contributed by atoms with van der Waals surface area (Å²) in [6.45, 7) is 4.25. The Morgan fingerprint density at radius 1 is 1.17 bits per heavy atom. The van der Waals surface area contributed by atoms with E-state index in [4.69, 9.17) is 5.73 Å². The van der Waals surface area contributed by atoms with Gasteiger partial charge in [0.15, 0.2) is 5.82 Å². The number of nitrogens with two attached hydrogens (primary N) is 1. The van der Waals surface area contributed by atoms with E-state index in [1.807, 2.05) is 37.3 Å². The van der Waals surface area contributed by atoms with E-state index < -0.39 is 5.60 Å². The van der Waals surface area contributed by atoms with Crippen LogP contribution in [0.4, 0.5) is 5.82 Å². The van der Waals surface area contributed by atoms with E-state index in [9.17, 15) is 9.90 Å². The van der Waals surface area contributed by atoms with Crippen molar-refractivity contribution in [1.82, 2.24) is 19.9 Å². The van der Waals surface area contributed by atoms with Crippen molar-refractivity contribution in [2.45, 2.75) is 25.9 Å². The third-order valence-electron chi connectivity index (χ3n) is 5.06. The number of rotatable bonds is 1. The number of carbonyl (C=O) groups is 1. The minimum Gasteiger partial charge on any atom is -0.382 e. The number of aliphatic hydroxyl groups is 1. The highest BCUT2D eigenvalue weighted by molar-refractivity contribution is 5.91. The highest BCUT2D eigenvalue weighted by atomic mass is 16.3. The Labute approximate surface area is 168 Å². The lowest BCUT2D eigenvalue weighted by Crippen LogP contribution is -2.37. The van der Waals surface area contributed by atoms with Crippen LogP contribution in [0.2, 0.25) is 0 Å². The molecule has 0 radical (unpaired) electrons. The number of benzene rings is 1. The fourth-order valence-electron chi connectivity index (χ4n) is 3.45. The van der Waals surface area contributed by atoms with E-state index in [1.54, 1.807) is 14.0 Å². The molecule has 1 atom stereocenters. The smallest absolute Gasteiger partial charge is 0.267 e. The lowest BCUT2D eigenvalue weighted by atomic mass is 10.0. The van der Waals surface area contributed by atoms with Crippen molar-refractivity contribution in [3.63, 3.8) is 0 Å². The van der Waals surface area contributed by atoms with Crippen LogP contribution in [0.15, 0.2) is 30.3 Å². The van der Waals surface area contributed by atoms with Gasteiger partial charge in [0.2, 0.25) is 5.60 Å². The number of aryl methyl sites for hydroxylation is 2. The second kappa shape index (κ2) is 6.83. The first-order valence-electron chi connectivity index (χ1n) is 9.30. The van der Waals surface area contributed by atoms with Crippen LogP contribution in [0.1, 0.15) is 23.4 Å². The molecular formula is C22H21N5O2. The van der Waals surface area contributed by atoms with Gasteiger partial charge in [-0.15, -0.1) is 0 Å². The average Bonchev–Trinajstić information content (AvgIpc) is 2.95. The van der Waals surface area contributed by atoms with Crippen LogP contribution >= 0.6 is 0 Å². The number of carbonyl (C=O) groups excluding carboxylic acids is 1. The van der Waals surface area contributed by atoms with Crippen LogP contribution in [0.5, 0.6) is 0 Å². The van der Waals surface area contributed by atoms with E-state index >= 15 is 0 Å². The molecule has 0 saturated carbocycles. The molecule has 3 aromatic rings. The molecule has 29 heavy (non-hydrogen) atoms. The SMILES string of the molecule is Cc1nc(N)c2nc(-c3cccc(C#CC4(O)CCN(C)C4=O)c3)cc(C)c2n1. The maximum Gasteiger partial charge on any atom is 0.267 e. The molecular weight excluding hydrogens is 366 g/mol. The van der Waals surface area contributed by atoms with Crippen molar-refractivity contribution < 1.29 is 9.90 Å². The van der Waals surface area contributed by atoms with Crippen LogP contribution in [-0.4, -0.2) is 50.1 Å². The van der Waals surface area contributed by atoms with Crippen LogP contribution in [0, 0.1) is 25.7 Å². The first-order valence-corrected chi connectivity index (χ1v) is 9.30. The molecule has 2 aromatic heterocycles. The lowest BCUT2D eigenvalue weighted by molar-refractivity contribution is -0.137. The quantitative estimate of drug-likeness (QED) is 0.617. The van der Waals surface area contributed by atoms with Crippen LogP contribution in [0.25, 0.3) is 22.3 Å². The second-order valence-corrected chi connectivity index (χ2v) is 7.35. The van der Waals surface area contributed by atoms with E-state index in [0.717, 1.165) is 22.3 Å². The van der Waals surface area contributed by atoms with Gasteiger partial charge in [-0.2, -0.15) is 0 Å². The molecule has 0 spiro atoms. The van der Waals surface area contributed by atoms with E-state index in [1.165, 1.54) is 4.90 Å². The van der Waals surface area contributed by atoms with Gasteiger partial charge in [-0.1, -0.05) is 24.0 Å². The van der Waals surface area contributed by atoms with Gasteiger partial charge in [0, 0.05) is 31.1 Å². The molecule has 1 unspecified atom stereocenters. The van der Waals surface area contributed by atoms with Gasteiger partial charge in [0.05, 0.1) is 11.2 Å². The molecule has 1 aromatic carbocycles. The van der Waals surface area contributed by atoms with Gasteiger partial charge in [0.1, 0.15) is 11.3 Å². The summed E-state index contributed by atoms with van der Waals surface area (Å²) in [6, 6.07) is 9.44. The summed E-state index contributed by atoms with van der Waals surface area (Å²) in [6.07, 6.45) is 0.305. The van der Waals surface area contributed by atoms with E-state index in [-0.39, 0.29) is 5.91 Å². The molecule has 3 heterocycles. The Hall–Kier alpha value is -3.50. The number of aromatic nitrogens is 3. The van der Waals surface area contributed by atoms with Gasteiger partial charge in [-0.25, -0.2) is 15.0 Å². The zero-order valence-corrected chi connectivity index (χ0v) is 16.5. The standard InChI is InChI=1S/C22H21N5O2/c1-13-11-17(26-19-18(13)24-14(2)25-20(19)23)16-6-4-5-15(12-16)7-8-22(29)9-10-27(3)21(22)28/h4-6,11-12,29H,9-10H2,1-3H3,(H2,23,24,25). The summed E-state index contributed by atoms with van der Waals surface area (Å²) >= 11 is 0. The van der Waals surface area contributed by atoms with Gasteiger partial charge in [-0.3, -0.25) is 4.79 Å². The molecule has 1 saturated heterocycles. The molecule has 7 heteroatoms. The Bertz CT molecular complexity index is 1210. The lowest BCUT2D eigenvalue weighted by Gasteiger charge is -2.13. The Balaban J connectivity index is 1.74. The molecule has 0 bridgehead atoms. The zero-order valence-electron chi connectivity index (χ0n) is 16.5. The first-order chi connectivity index (χ1) is 13.8. The molecule has 4 rings (SSSR count). The Kier molecular flexibility index (Phi) is 4.44. The third-order valence-corrected chi connectivity index (χ3v) is 5.06. The number of nitrogens with zero attached hydrogens (tertiary/aromatic N) is 4. The predicted octanol–water partition coefficient (Wildman–Crippen LogP) is 1.84. The van der Waals surface area contributed by atoms with Crippen LogP contribution in [-0.2, 0) is 4.79 Å². The van der Waals surface area contributed by atoms with Crippen molar-refractivity contribution in [3.05, 3.63) is 47.3 Å². The second-order valence-electron chi connectivity index (χ2n) is 7.35. The fourth-order valence-corrected chi connectivity index (χ4v) is 3.45. The zero-order chi connectivity index (χ0) is 20.8. The van der Waals surface area contributed by atoms with Crippen LogP contribution < -0.4 is 5.73 Å². The summed E-state index contributed by atoms with van der Waals surface area (Å²) < 4.78 is 0. The van der Waals surface area contributed by atoms with Gasteiger partial charge >= 0.3 is 0 Å². The molecule has 0 aliphatic carbocycles. The summed E-state index contributed by atoms with van der Waals surface area (Å²) in [7, 11) is 1.66. The number of likely N-dealkylation sites (N-methyl/N-ethyl adjacent to an activating group) is 1. The molecule has 3 N–H and O–H groups in total. The van der Waals surface area contributed by atoms with E-state index in [0.29, 0.717) is 35.7 Å². The molecule has 1 aliphatic rings. The number of amides is 1. The van der Waals surface area contributed by atoms with Crippen molar-refractivity contribution in [1.29, 1.82) is 0 Å². The topological polar surface area (TPSA) is 105 Å². The highest BCUT2D eigenvalue weighted by Gasteiger charge is 2.42. The summed E-state index contributed by atoms with van der Waals surface area (Å²) in [4.78, 5) is 26.9. The maximum absolute atomic E-state index is 12.1. The monoisotopic (exact) mass is 387 g/mol. The van der Waals surface area contributed by atoms with Crippen molar-refractivity contribution in [3.8, 4) is 23.1 Å². The number of nitrogen functional groups attached to an aromatic ring is 1. The number of pyridine rings is 1. The minimum atomic E-state index is -1.62. The molecule has 1 fully saturated rings. The van der Waals surface area contributed by atoms with Crippen molar-refractivity contribution in [2.24, 2.45) is 0 Å².